The largest absolute Gasteiger partial charge is 0.490 e. The molecule has 3 heteroatoms. The summed E-state index contributed by atoms with van der Waals surface area (Å²) in [5.74, 6) is 1.02. The quantitative estimate of drug-likeness (QED) is 0.869. The van der Waals surface area contributed by atoms with Gasteiger partial charge in [-0.05, 0) is 39.2 Å². The molecule has 0 radical (unpaired) electrons. The van der Waals surface area contributed by atoms with Gasteiger partial charge in [-0.25, -0.2) is 0 Å². The van der Waals surface area contributed by atoms with Crippen LogP contribution in [0.1, 0.15) is 50.3 Å². The summed E-state index contributed by atoms with van der Waals surface area (Å²) in [6.45, 7) is 5.94. The zero-order chi connectivity index (χ0) is 12.8. The Kier molecular flexibility index (Phi) is 5.00. The highest BCUT2D eigenvalue weighted by Gasteiger charge is 2.16. The van der Waals surface area contributed by atoms with Gasteiger partial charge >= 0.3 is 0 Å². The zero-order valence-corrected chi connectivity index (χ0v) is 11.5. The molecule has 1 aliphatic carbocycles. The number of aromatic nitrogens is 1. The van der Waals surface area contributed by atoms with Crippen LogP contribution in [0.5, 0.6) is 5.75 Å². The summed E-state index contributed by atoms with van der Waals surface area (Å²) in [4.78, 5) is 4.37. The Morgan fingerprint density at radius 3 is 2.83 bits per heavy atom. The topological polar surface area (TPSA) is 34.2 Å². The van der Waals surface area contributed by atoms with Crippen LogP contribution in [-0.2, 0) is 6.54 Å². The molecular formula is C15H24N2O. The lowest BCUT2D eigenvalue weighted by atomic mass is 9.98. The van der Waals surface area contributed by atoms with Crippen molar-refractivity contribution in [1.29, 1.82) is 0 Å². The lowest BCUT2D eigenvalue weighted by molar-refractivity contribution is 0.153. The maximum Gasteiger partial charge on any atom is 0.127 e. The van der Waals surface area contributed by atoms with Gasteiger partial charge in [0.25, 0.3) is 0 Å². The van der Waals surface area contributed by atoms with Crippen molar-refractivity contribution in [3.05, 3.63) is 23.5 Å². The van der Waals surface area contributed by atoms with E-state index < -0.39 is 0 Å². The lowest BCUT2D eigenvalue weighted by Gasteiger charge is -2.24. The normalized spacial score (nSPS) is 16.8. The molecule has 100 valence electrons. The number of hydrogen-bond acceptors (Lipinski definition) is 3. The van der Waals surface area contributed by atoms with Crippen LogP contribution in [0.2, 0.25) is 0 Å². The summed E-state index contributed by atoms with van der Waals surface area (Å²) in [6, 6.07) is 2.07. The van der Waals surface area contributed by atoms with Gasteiger partial charge in [0.1, 0.15) is 5.75 Å². The number of rotatable bonds is 5. The predicted octanol–water partition coefficient (Wildman–Crippen LogP) is 3.21. The van der Waals surface area contributed by atoms with Crippen molar-refractivity contribution in [3.8, 4) is 5.75 Å². The summed E-state index contributed by atoms with van der Waals surface area (Å²) < 4.78 is 6.18. The van der Waals surface area contributed by atoms with E-state index in [1.54, 1.807) is 0 Å². The Balaban J connectivity index is 2.05. The maximum atomic E-state index is 6.18. The first-order chi connectivity index (χ1) is 8.79. The Bertz CT molecular complexity index is 373. The fourth-order valence-corrected chi connectivity index (χ4v) is 2.43. The number of nitrogens with zero attached hydrogens (tertiary/aromatic N) is 1. The van der Waals surface area contributed by atoms with Crippen LogP contribution in [0.25, 0.3) is 0 Å². The minimum Gasteiger partial charge on any atom is -0.490 e. The van der Waals surface area contributed by atoms with E-state index in [0.717, 1.165) is 24.5 Å². The van der Waals surface area contributed by atoms with E-state index >= 15 is 0 Å². The van der Waals surface area contributed by atoms with Crippen molar-refractivity contribution in [2.75, 3.05) is 6.54 Å². The van der Waals surface area contributed by atoms with E-state index in [2.05, 4.69) is 23.3 Å². The van der Waals surface area contributed by atoms with E-state index in [9.17, 15) is 0 Å². The van der Waals surface area contributed by atoms with Crippen molar-refractivity contribution < 1.29 is 4.74 Å². The Morgan fingerprint density at radius 1 is 1.33 bits per heavy atom. The molecule has 0 spiro atoms. The van der Waals surface area contributed by atoms with Crippen LogP contribution in [0, 0.1) is 6.92 Å². The number of ether oxygens (including phenoxy) is 1. The van der Waals surface area contributed by atoms with Gasteiger partial charge in [-0.1, -0.05) is 13.3 Å². The number of aryl methyl sites for hydroxylation is 1. The Hall–Kier alpha value is -1.09. The summed E-state index contributed by atoms with van der Waals surface area (Å²) >= 11 is 0. The van der Waals surface area contributed by atoms with Crippen LogP contribution >= 0.6 is 0 Å². The molecule has 1 aliphatic rings. The molecule has 1 aromatic heterocycles. The maximum absolute atomic E-state index is 6.18. The molecule has 3 nitrogen and oxygen atoms in total. The molecule has 0 aliphatic heterocycles. The van der Waals surface area contributed by atoms with Gasteiger partial charge in [0.05, 0.1) is 6.10 Å². The minimum absolute atomic E-state index is 0.404. The third-order valence-corrected chi connectivity index (χ3v) is 3.49. The average Bonchev–Trinajstić information content (AvgIpc) is 2.39. The van der Waals surface area contributed by atoms with Gasteiger partial charge in [-0.2, -0.15) is 0 Å². The zero-order valence-electron chi connectivity index (χ0n) is 11.5. The van der Waals surface area contributed by atoms with E-state index in [1.165, 1.54) is 37.7 Å². The number of nitrogens with one attached hydrogen (secondary N) is 1. The first-order valence-corrected chi connectivity index (χ1v) is 7.12. The summed E-state index contributed by atoms with van der Waals surface area (Å²) in [6.07, 6.45) is 8.70. The molecule has 2 rings (SSSR count). The van der Waals surface area contributed by atoms with Gasteiger partial charge in [-0.3, -0.25) is 4.98 Å². The summed E-state index contributed by atoms with van der Waals surface area (Å²) in [5, 5.41) is 3.34. The molecule has 0 bridgehead atoms. The Labute approximate surface area is 110 Å². The minimum atomic E-state index is 0.404. The fourth-order valence-electron chi connectivity index (χ4n) is 2.43. The molecule has 0 saturated heterocycles. The van der Waals surface area contributed by atoms with E-state index in [4.69, 9.17) is 4.74 Å². The van der Waals surface area contributed by atoms with Crippen LogP contribution in [-0.4, -0.2) is 17.6 Å². The van der Waals surface area contributed by atoms with Gasteiger partial charge < -0.3 is 10.1 Å². The number of pyridine rings is 1. The smallest absolute Gasteiger partial charge is 0.127 e. The molecule has 1 heterocycles. The SMILES string of the molecule is CCNCc1cnc(C)cc1OC1CCCCC1. The standard InChI is InChI=1S/C15H24N2O/c1-3-16-10-13-11-17-12(2)9-15(13)18-14-7-5-4-6-8-14/h9,11,14,16H,3-8,10H2,1-2H3. The average molecular weight is 248 g/mol. The first kappa shape index (κ1) is 13.3. The molecule has 1 saturated carbocycles. The molecular weight excluding hydrogens is 224 g/mol. The van der Waals surface area contributed by atoms with Gasteiger partial charge in [0.15, 0.2) is 0 Å². The highest BCUT2D eigenvalue weighted by Crippen LogP contribution is 2.26. The molecule has 0 atom stereocenters. The second-order valence-corrected chi connectivity index (χ2v) is 5.09. The number of hydrogen-bond donors (Lipinski definition) is 1. The van der Waals surface area contributed by atoms with E-state index in [1.807, 2.05) is 13.1 Å². The Morgan fingerprint density at radius 2 is 2.11 bits per heavy atom. The summed E-state index contributed by atoms with van der Waals surface area (Å²) in [7, 11) is 0. The first-order valence-electron chi connectivity index (χ1n) is 7.12. The molecule has 1 N–H and O–H groups in total. The van der Waals surface area contributed by atoms with E-state index in [-0.39, 0.29) is 0 Å². The second kappa shape index (κ2) is 6.74. The van der Waals surface area contributed by atoms with Crippen LogP contribution in [0.15, 0.2) is 12.3 Å². The lowest BCUT2D eigenvalue weighted by Crippen LogP contribution is -2.21. The second-order valence-electron chi connectivity index (χ2n) is 5.09. The van der Waals surface area contributed by atoms with E-state index in [0.29, 0.717) is 6.10 Å². The van der Waals surface area contributed by atoms with Crippen LogP contribution in [0.3, 0.4) is 0 Å². The fraction of sp³-hybridized carbons (Fsp3) is 0.667. The third-order valence-electron chi connectivity index (χ3n) is 3.49. The van der Waals surface area contributed by atoms with Gasteiger partial charge in [0, 0.05) is 30.1 Å². The van der Waals surface area contributed by atoms with Gasteiger partial charge in [0.2, 0.25) is 0 Å². The molecule has 1 fully saturated rings. The molecule has 1 aromatic rings. The third kappa shape index (κ3) is 3.70. The molecule has 18 heavy (non-hydrogen) atoms. The van der Waals surface area contributed by atoms with Crippen molar-refractivity contribution in [1.82, 2.24) is 10.3 Å². The van der Waals surface area contributed by atoms with Crippen molar-refractivity contribution in [3.63, 3.8) is 0 Å². The monoisotopic (exact) mass is 248 g/mol. The van der Waals surface area contributed by atoms with Crippen molar-refractivity contribution in [2.24, 2.45) is 0 Å². The highest BCUT2D eigenvalue weighted by molar-refractivity contribution is 5.33. The van der Waals surface area contributed by atoms with Crippen LogP contribution in [0.4, 0.5) is 0 Å². The summed E-state index contributed by atoms with van der Waals surface area (Å²) in [5.41, 5.74) is 2.20. The molecule has 0 unspecified atom stereocenters. The predicted molar refractivity (Wildman–Crippen MR) is 73.9 cm³/mol. The van der Waals surface area contributed by atoms with Crippen LogP contribution < -0.4 is 10.1 Å². The molecule has 0 amide bonds. The van der Waals surface area contributed by atoms with Crippen molar-refractivity contribution in [2.45, 2.75) is 58.6 Å². The van der Waals surface area contributed by atoms with Crippen molar-refractivity contribution >= 4 is 0 Å². The highest BCUT2D eigenvalue weighted by atomic mass is 16.5. The molecule has 0 aromatic carbocycles. The van der Waals surface area contributed by atoms with Gasteiger partial charge in [-0.15, -0.1) is 0 Å².